The first-order chi connectivity index (χ1) is 22.7. The van der Waals surface area contributed by atoms with Gasteiger partial charge in [0, 0.05) is 63.9 Å². The van der Waals surface area contributed by atoms with Gasteiger partial charge in [0.2, 0.25) is 0 Å². The Morgan fingerprint density at radius 3 is 2.28 bits per heavy atom. The van der Waals surface area contributed by atoms with E-state index in [-0.39, 0.29) is 24.2 Å². The van der Waals surface area contributed by atoms with Gasteiger partial charge in [-0.3, -0.25) is 24.0 Å². The maximum Gasteiger partial charge on any atom is 0.266 e. The predicted molar refractivity (Wildman–Crippen MR) is 185 cm³/mol. The zero-order chi connectivity index (χ0) is 32.9. The minimum Gasteiger partial charge on any atom is -0.489 e. The third kappa shape index (κ3) is 8.13. The number of amides is 1. The van der Waals surface area contributed by atoms with Crippen LogP contribution in [0.3, 0.4) is 0 Å². The number of halogens is 1. The predicted octanol–water partition coefficient (Wildman–Crippen LogP) is 4.30. The average Bonchev–Trinajstić information content (AvgIpc) is 3.06. The van der Waals surface area contributed by atoms with Gasteiger partial charge in [-0.1, -0.05) is 29.8 Å². The molecule has 6 rings (SSSR count). The summed E-state index contributed by atoms with van der Waals surface area (Å²) >= 11 is 5.95. The van der Waals surface area contributed by atoms with Crippen LogP contribution >= 0.6 is 11.6 Å². The number of benzene rings is 3. The lowest BCUT2D eigenvalue weighted by molar-refractivity contribution is -0.135. The molecule has 3 heterocycles. The van der Waals surface area contributed by atoms with E-state index in [1.54, 1.807) is 28.8 Å². The molecule has 0 aliphatic carbocycles. The number of rotatable bonds is 10. The summed E-state index contributed by atoms with van der Waals surface area (Å²) in [5.41, 5.74) is 2.35. The maximum atomic E-state index is 14.4. The third-order valence-corrected chi connectivity index (χ3v) is 8.99. The number of carbonyl (C=O) groups is 1. The van der Waals surface area contributed by atoms with Crippen LogP contribution in [0, 0.1) is 0 Å². The summed E-state index contributed by atoms with van der Waals surface area (Å²) in [7, 11) is 2.15. The van der Waals surface area contributed by atoms with Crippen LogP contribution in [0.4, 0.5) is 0 Å². The van der Waals surface area contributed by atoms with E-state index < -0.39 is 0 Å². The van der Waals surface area contributed by atoms with Crippen molar-refractivity contribution in [2.45, 2.75) is 33.0 Å². The Kier molecular flexibility index (Phi) is 10.4. The number of hydrogen-bond acceptors (Lipinski definition) is 8. The second-order valence-corrected chi connectivity index (χ2v) is 13.1. The van der Waals surface area contributed by atoms with Gasteiger partial charge < -0.3 is 19.3 Å². The van der Waals surface area contributed by atoms with E-state index in [0.29, 0.717) is 71.7 Å². The van der Waals surface area contributed by atoms with Crippen molar-refractivity contribution < 1.29 is 14.3 Å². The summed E-state index contributed by atoms with van der Waals surface area (Å²) in [6, 6.07) is 20.7. The molecule has 4 aromatic rings. The van der Waals surface area contributed by atoms with E-state index in [2.05, 4.69) is 27.8 Å². The second-order valence-electron chi connectivity index (χ2n) is 12.6. The molecule has 2 aliphatic rings. The Morgan fingerprint density at radius 2 is 1.55 bits per heavy atom. The first-order valence-corrected chi connectivity index (χ1v) is 16.7. The summed E-state index contributed by atoms with van der Waals surface area (Å²) in [5.74, 6) is 1.82. The number of aromatic nitrogens is 2. The quantitative estimate of drug-likeness (QED) is 0.250. The normalized spacial score (nSPS) is 16.6. The molecule has 248 valence electrons. The molecule has 2 fully saturated rings. The van der Waals surface area contributed by atoms with Crippen LogP contribution < -0.4 is 15.0 Å². The van der Waals surface area contributed by atoms with E-state index in [1.165, 1.54) is 0 Å². The Labute approximate surface area is 281 Å². The van der Waals surface area contributed by atoms with Crippen LogP contribution in [-0.4, -0.2) is 107 Å². The molecular formula is C36H43ClN6O4. The molecule has 10 nitrogen and oxygen atoms in total. The second kappa shape index (κ2) is 14.9. The highest BCUT2D eigenvalue weighted by Crippen LogP contribution is 2.26. The lowest BCUT2D eigenvalue weighted by atomic mass is 10.1. The Balaban J connectivity index is 1.23. The minimum atomic E-state index is -0.113. The summed E-state index contributed by atoms with van der Waals surface area (Å²) in [5, 5.41) is 1.21. The van der Waals surface area contributed by atoms with Gasteiger partial charge in [0.05, 0.1) is 29.2 Å². The molecule has 0 atom stereocenters. The zero-order valence-electron chi connectivity index (χ0n) is 27.4. The van der Waals surface area contributed by atoms with Crippen molar-refractivity contribution in [3.8, 4) is 17.2 Å². The van der Waals surface area contributed by atoms with E-state index in [1.807, 2.05) is 55.1 Å². The first-order valence-electron chi connectivity index (χ1n) is 16.3. The number of fused-ring (bicyclic) bond motifs is 1. The molecule has 0 spiro atoms. The van der Waals surface area contributed by atoms with Crippen LogP contribution in [0.2, 0.25) is 5.02 Å². The van der Waals surface area contributed by atoms with Crippen molar-refractivity contribution in [3.63, 3.8) is 0 Å². The fourth-order valence-electron chi connectivity index (χ4n) is 6.11. The molecule has 11 heteroatoms. The molecule has 2 aliphatic heterocycles. The highest BCUT2D eigenvalue weighted by molar-refractivity contribution is 6.30. The Bertz CT molecular complexity index is 1750. The van der Waals surface area contributed by atoms with Gasteiger partial charge in [0.15, 0.2) is 6.61 Å². The number of piperazine rings is 2. The van der Waals surface area contributed by atoms with Gasteiger partial charge >= 0.3 is 0 Å². The van der Waals surface area contributed by atoms with Gasteiger partial charge in [0.1, 0.15) is 17.3 Å². The van der Waals surface area contributed by atoms with Crippen molar-refractivity contribution in [1.29, 1.82) is 0 Å². The average molecular weight is 659 g/mol. The molecule has 0 N–H and O–H groups in total. The number of para-hydroxylation sites is 2. The number of ether oxygens (including phenoxy) is 2. The van der Waals surface area contributed by atoms with Crippen molar-refractivity contribution in [1.82, 2.24) is 29.2 Å². The fraction of sp³-hybridized carbons (Fsp3) is 0.417. The van der Waals surface area contributed by atoms with Crippen LogP contribution in [0.15, 0.2) is 71.5 Å². The standard InChI is InChI=1S/C36H43ClN6O4/c1-26(2)47-33-7-5-4-6-32(33)43-34(24-41-18-20-42(21-19-41)35(44)25-46-29-11-9-28(37)10-12-29)38-31-13-8-27(22-30(31)36(43)45)23-40-16-14-39(3)15-17-40/h4-13,22,26H,14-21,23-25H2,1-3H3. The van der Waals surface area contributed by atoms with Crippen molar-refractivity contribution in [2.24, 2.45) is 0 Å². The molecule has 2 saturated heterocycles. The van der Waals surface area contributed by atoms with Gasteiger partial charge in [-0.25, -0.2) is 4.98 Å². The summed E-state index contributed by atoms with van der Waals surface area (Å²) in [6.45, 7) is 11.7. The first kappa shape index (κ1) is 33.0. The molecule has 3 aromatic carbocycles. The molecule has 0 saturated carbocycles. The van der Waals surface area contributed by atoms with Crippen LogP contribution in [0.5, 0.6) is 11.5 Å². The highest BCUT2D eigenvalue weighted by atomic mass is 35.5. The fourth-order valence-corrected chi connectivity index (χ4v) is 6.24. The molecule has 1 amide bonds. The van der Waals surface area contributed by atoms with Gasteiger partial charge in [-0.05, 0) is 75.0 Å². The smallest absolute Gasteiger partial charge is 0.266 e. The van der Waals surface area contributed by atoms with E-state index in [4.69, 9.17) is 26.1 Å². The van der Waals surface area contributed by atoms with Gasteiger partial charge in [-0.15, -0.1) is 0 Å². The molecule has 1 aromatic heterocycles. The van der Waals surface area contributed by atoms with E-state index >= 15 is 0 Å². The lowest BCUT2D eigenvalue weighted by Gasteiger charge is -2.34. The van der Waals surface area contributed by atoms with E-state index in [9.17, 15) is 9.59 Å². The Hall–Kier alpha value is -3.96. The molecule has 0 radical (unpaired) electrons. The van der Waals surface area contributed by atoms with Crippen LogP contribution in [0.25, 0.3) is 16.6 Å². The number of carbonyl (C=O) groups excluding carboxylic acids is 1. The molecule has 0 bridgehead atoms. The van der Waals surface area contributed by atoms with Crippen molar-refractivity contribution in [3.05, 3.63) is 93.5 Å². The lowest BCUT2D eigenvalue weighted by Crippen LogP contribution is -2.50. The van der Waals surface area contributed by atoms with Crippen LogP contribution in [-0.2, 0) is 17.9 Å². The summed E-state index contributed by atoms with van der Waals surface area (Å²) < 4.78 is 13.6. The van der Waals surface area contributed by atoms with Crippen LogP contribution in [0.1, 0.15) is 25.2 Å². The zero-order valence-corrected chi connectivity index (χ0v) is 28.2. The molecular weight excluding hydrogens is 616 g/mol. The van der Waals surface area contributed by atoms with E-state index in [0.717, 1.165) is 38.3 Å². The molecule has 0 unspecified atom stereocenters. The number of nitrogens with zero attached hydrogens (tertiary/aromatic N) is 6. The highest BCUT2D eigenvalue weighted by Gasteiger charge is 2.25. The monoisotopic (exact) mass is 658 g/mol. The van der Waals surface area contributed by atoms with Crippen molar-refractivity contribution >= 4 is 28.4 Å². The topological polar surface area (TPSA) is 83.4 Å². The summed E-state index contributed by atoms with van der Waals surface area (Å²) in [4.78, 5) is 41.2. The third-order valence-electron chi connectivity index (χ3n) is 8.74. The largest absolute Gasteiger partial charge is 0.489 e. The summed E-state index contributed by atoms with van der Waals surface area (Å²) in [6.07, 6.45) is -0.0619. The number of likely N-dealkylation sites (N-methyl/N-ethyl adjacent to an activating group) is 1. The Morgan fingerprint density at radius 1 is 0.872 bits per heavy atom. The molecule has 47 heavy (non-hydrogen) atoms. The van der Waals surface area contributed by atoms with Gasteiger partial charge in [-0.2, -0.15) is 0 Å². The number of hydrogen-bond donors (Lipinski definition) is 0. The van der Waals surface area contributed by atoms with Gasteiger partial charge in [0.25, 0.3) is 11.5 Å². The minimum absolute atomic E-state index is 0.0309. The maximum absolute atomic E-state index is 14.4. The SMILES string of the molecule is CC(C)Oc1ccccc1-n1c(CN2CCN(C(=O)COc3ccc(Cl)cc3)CC2)nc2ccc(CN3CCN(C)CC3)cc2c1=O. The van der Waals surface area contributed by atoms with Crippen molar-refractivity contribution in [2.75, 3.05) is 66.0 Å².